The van der Waals surface area contributed by atoms with Crippen molar-refractivity contribution >= 4 is 0 Å². The average molecular weight is 341 g/mol. The highest BCUT2D eigenvalue weighted by Crippen LogP contribution is 2.53. The van der Waals surface area contributed by atoms with Gasteiger partial charge in [-0.25, -0.2) is 9.37 Å². The molecule has 126 valence electrons. The zero-order chi connectivity index (χ0) is 17.6. The second-order valence-electron chi connectivity index (χ2n) is 4.97. The second kappa shape index (κ2) is 5.20. The number of nitrogens with zero attached hydrogens (tertiary/aromatic N) is 2. The number of halogens is 7. The van der Waals surface area contributed by atoms with Crippen molar-refractivity contribution in [2.45, 2.75) is 31.9 Å². The zero-order valence-electron chi connectivity index (χ0n) is 11.8. The number of rotatable bonds is 2. The van der Waals surface area contributed by atoms with Gasteiger partial charge in [0.15, 0.2) is 5.82 Å². The van der Waals surface area contributed by atoms with E-state index in [1.54, 1.807) is 0 Å². The number of hydrogen-bond acceptors (Lipinski definition) is 2. The Balaban J connectivity index is 2.69. The molecule has 0 aliphatic rings. The quantitative estimate of drug-likeness (QED) is 0.824. The minimum absolute atomic E-state index is 0.00674. The Bertz CT molecular complexity index is 664. The molecule has 0 saturated heterocycles. The third kappa shape index (κ3) is 2.66. The van der Waals surface area contributed by atoms with Crippen molar-refractivity contribution in [3.8, 4) is 11.4 Å². The minimum atomic E-state index is -6.14. The van der Waals surface area contributed by atoms with Gasteiger partial charge in [-0.2, -0.15) is 31.4 Å². The van der Waals surface area contributed by atoms with E-state index < -0.39 is 23.6 Å². The molecule has 23 heavy (non-hydrogen) atoms. The van der Waals surface area contributed by atoms with Crippen LogP contribution in [0.5, 0.6) is 0 Å². The van der Waals surface area contributed by atoms with E-state index >= 15 is 0 Å². The van der Waals surface area contributed by atoms with Crippen LogP contribution in [0.2, 0.25) is 0 Å². The Labute approximate surface area is 125 Å². The molecule has 0 aliphatic heterocycles. The fourth-order valence-corrected chi connectivity index (χ4v) is 2.35. The molecule has 0 amide bonds. The lowest BCUT2D eigenvalue weighted by atomic mass is 9.88. The molecule has 1 aromatic heterocycles. The van der Waals surface area contributed by atoms with Gasteiger partial charge in [0.25, 0.3) is 0 Å². The van der Waals surface area contributed by atoms with Gasteiger partial charge < -0.3 is 0 Å². The van der Waals surface area contributed by atoms with E-state index in [-0.39, 0.29) is 22.5 Å². The van der Waals surface area contributed by atoms with Crippen LogP contribution in [0.1, 0.15) is 16.7 Å². The molecule has 3 nitrogen and oxygen atoms in total. The van der Waals surface area contributed by atoms with E-state index in [1.165, 1.54) is 13.8 Å². The van der Waals surface area contributed by atoms with Crippen molar-refractivity contribution in [3.05, 3.63) is 35.2 Å². The van der Waals surface area contributed by atoms with Crippen LogP contribution in [0.4, 0.5) is 30.7 Å². The van der Waals surface area contributed by atoms with E-state index in [1.807, 2.05) is 0 Å². The lowest BCUT2D eigenvalue weighted by molar-refractivity contribution is -0.348. The maximum Gasteiger partial charge on any atom is 0.435 e. The molecule has 0 aliphatic carbocycles. The second-order valence-corrected chi connectivity index (χ2v) is 4.97. The lowest BCUT2D eigenvalue weighted by Gasteiger charge is -2.31. The molecule has 1 aromatic carbocycles. The average Bonchev–Trinajstić information content (AvgIpc) is 2.87. The molecule has 2 rings (SSSR count). The van der Waals surface area contributed by atoms with Gasteiger partial charge in [0, 0.05) is 11.1 Å². The number of alkyl halides is 7. The smallest absolute Gasteiger partial charge is 0.259 e. The molecule has 0 atom stereocenters. The molecule has 0 bridgehead atoms. The van der Waals surface area contributed by atoms with E-state index in [9.17, 15) is 30.7 Å². The van der Waals surface area contributed by atoms with Gasteiger partial charge in [0.2, 0.25) is 0 Å². The molecular formula is C13H10F7N3. The topological polar surface area (TPSA) is 41.6 Å². The molecular weight excluding hydrogens is 331 g/mol. The molecule has 0 spiro atoms. The number of H-pyrrole nitrogens is 1. The highest BCUT2D eigenvalue weighted by atomic mass is 19.4. The van der Waals surface area contributed by atoms with Crippen LogP contribution in [-0.4, -0.2) is 27.5 Å². The highest BCUT2D eigenvalue weighted by molar-refractivity contribution is 5.65. The summed E-state index contributed by atoms with van der Waals surface area (Å²) in [5, 5.41) is 6.01. The van der Waals surface area contributed by atoms with Crippen LogP contribution >= 0.6 is 0 Å². The molecule has 0 radical (unpaired) electrons. The van der Waals surface area contributed by atoms with Gasteiger partial charge in [-0.05, 0) is 25.0 Å². The first-order valence-corrected chi connectivity index (χ1v) is 6.19. The Morgan fingerprint density at radius 1 is 0.870 bits per heavy atom. The third-order valence-electron chi connectivity index (χ3n) is 3.36. The van der Waals surface area contributed by atoms with Gasteiger partial charge in [-0.15, -0.1) is 0 Å². The summed E-state index contributed by atoms with van der Waals surface area (Å²) in [6.45, 7) is 2.53. The summed E-state index contributed by atoms with van der Waals surface area (Å²) in [6, 6.07) is 1.04. The predicted octanol–water partition coefficient (Wildman–Crippen LogP) is 4.38. The fourth-order valence-electron chi connectivity index (χ4n) is 2.35. The molecule has 10 heteroatoms. The Kier molecular flexibility index (Phi) is 3.90. The van der Waals surface area contributed by atoms with Crippen LogP contribution in [0.25, 0.3) is 11.4 Å². The summed E-state index contributed by atoms with van der Waals surface area (Å²) in [7, 11) is 0. The Morgan fingerprint density at radius 2 is 1.35 bits per heavy atom. The van der Waals surface area contributed by atoms with Crippen molar-refractivity contribution in [2.24, 2.45) is 0 Å². The van der Waals surface area contributed by atoms with Gasteiger partial charge in [0.1, 0.15) is 6.33 Å². The van der Waals surface area contributed by atoms with E-state index in [0.29, 0.717) is 12.1 Å². The standard InChI is InChI=1S/C13H10F7N3/c1-6-3-8(11(14,12(15,16)17)13(18,19)20)4-7(2)9(6)10-21-5-22-23-10/h3-5H,1-2H3,(H,21,22,23). The summed E-state index contributed by atoms with van der Waals surface area (Å²) in [5.74, 6) is 0.162. The van der Waals surface area contributed by atoms with E-state index in [0.717, 1.165) is 6.33 Å². The van der Waals surface area contributed by atoms with Crippen LogP contribution in [0.15, 0.2) is 18.5 Å². The van der Waals surface area contributed by atoms with Crippen LogP contribution in [-0.2, 0) is 5.67 Å². The van der Waals surface area contributed by atoms with E-state index in [4.69, 9.17) is 0 Å². The first-order chi connectivity index (χ1) is 10.4. The van der Waals surface area contributed by atoms with Crippen molar-refractivity contribution in [1.29, 1.82) is 0 Å². The van der Waals surface area contributed by atoms with E-state index in [2.05, 4.69) is 15.2 Å². The first kappa shape index (κ1) is 17.2. The number of nitrogens with one attached hydrogen (secondary N) is 1. The number of benzene rings is 1. The fraction of sp³-hybridized carbons (Fsp3) is 0.385. The third-order valence-corrected chi connectivity index (χ3v) is 3.36. The van der Waals surface area contributed by atoms with Crippen molar-refractivity contribution in [1.82, 2.24) is 15.2 Å². The number of aromatic nitrogens is 3. The molecule has 0 fully saturated rings. The predicted molar refractivity (Wildman–Crippen MR) is 66.2 cm³/mol. The Hall–Kier alpha value is -2.13. The summed E-state index contributed by atoms with van der Waals surface area (Å²) in [6.07, 6.45) is -11.2. The van der Waals surface area contributed by atoms with Gasteiger partial charge in [-0.3, -0.25) is 5.10 Å². The highest BCUT2D eigenvalue weighted by Gasteiger charge is 2.73. The minimum Gasteiger partial charge on any atom is -0.259 e. The molecule has 0 unspecified atom stereocenters. The Morgan fingerprint density at radius 3 is 1.70 bits per heavy atom. The van der Waals surface area contributed by atoms with Gasteiger partial charge >= 0.3 is 18.0 Å². The van der Waals surface area contributed by atoms with Gasteiger partial charge in [0.05, 0.1) is 0 Å². The van der Waals surface area contributed by atoms with Crippen molar-refractivity contribution < 1.29 is 30.7 Å². The molecule has 1 heterocycles. The summed E-state index contributed by atoms with van der Waals surface area (Å²) >= 11 is 0. The maximum atomic E-state index is 14.1. The summed E-state index contributed by atoms with van der Waals surface area (Å²) in [5.41, 5.74) is -6.69. The van der Waals surface area contributed by atoms with Gasteiger partial charge in [-0.1, -0.05) is 12.1 Å². The zero-order valence-corrected chi connectivity index (χ0v) is 11.8. The summed E-state index contributed by atoms with van der Waals surface area (Å²) < 4.78 is 90.9. The molecule has 1 N–H and O–H groups in total. The normalized spacial score (nSPS) is 13.4. The maximum absolute atomic E-state index is 14.1. The molecule has 2 aromatic rings. The SMILES string of the molecule is Cc1cc(C(F)(C(F)(F)F)C(F)(F)F)cc(C)c1-c1ncn[nH]1. The lowest BCUT2D eigenvalue weighted by Crippen LogP contribution is -2.50. The van der Waals surface area contributed by atoms with Crippen molar-refractivity contribution in [3.63, 3.8) is 0 Å². The largest absolute Gasteiger partial charge is 0.435 e. The first-order valence-electron chi connectivity index (χ1n) is 6.19. The number of aromatic amines is 1. The van der Waals surface area contributed by atoms with Crippen LogP contribution in [0, 0.1) is 13.8 Å². The van der Waals surface area contributed by atoms with Crippen molar-refractivity contribution in [2.75, 3.05) is 0 Å². The number of hydrogen-bond donors (Lipinski definition) is 1. The monoisotopic (exact) mass is 341 g/mol. The van der Waals surface area contributed by atoms with Crippen LogP contribution in [0.3, 0.4) is 0 Å². The molecule has 0 saturated carbocycles. The van der Waals surface area contributed by atoms with Crippen LogP contribution < -0.4 is 0 Å². The number of aryl methyl sites for hydroxylation is 2. The summed E-state index contributed by atoms with van der Waals surface area (Å²) in [4.78, 5) is 3.79.